The highest BCUT2D eigenvalue weighted by molar-refractivity contribution is 5.80. The molecule has 0 aromatic carbocycles. The summed E-state index contributed by atoms with van der Waals surface area (Å²) in [5, 5.41) is 10.9. The van der Waals surface area contributed by atoms with Crippen molar-refractivity contribution >= 4 is 5.91 Å². The Morgan fingerprint density at radius 2 is 2.56 bits per heavy atom. The molecular weight excluding hydrogens is 116 g/mol. The van der Waals surface area contributed by atoms with E-state index in [0.717, 1.165) is 0 Å². The van der Waals surface area contributed by atoms with Gasteiger partial charge in [0.15, 0.2) is 0 Å². The van der Waals surface area contributed by atoms with Gasteiger partial charge in [0.25, 0.3) is 0 Å². The van der Waals surface area contributed by atoms with Gasteiger partial charge in [-0.3, -0.25) is 4.79 Å². The average molecular weight is 122 g/mol. The van der Waals surface area contributed by atoms with E-state index in [4.69, 9.17) is 5.26 Å². The van der Waals surface area contributed by atoms with Crippen LogP contribution in [0, 0.1) is 11.3 Å². The maximum absolute atomic E-state index is 10.5. The molecule has 46 valence electrons. The summed E-state index contributed by atoms with van der Waals surface area (Å²) in [6.45, 7) is 0.502. The van der Waals surface area contributed by atoms with Crippen LogP contribution in [-0.4, -0.2) is 12.5 Å². The lowest BCUT2D eigenvalue weighted by Gasteiger charge is -2.06. The van der Waals surface area contributed by atoms with Crippen LogP contribution in [0.3, 0.4) is 0 Å². The van der Waals surface area contributed by atoms with Crippen LogP contribution in [0.25, 0.3) is 0 Å². The molecule has 1 N–H and O–H groups in total. The SMILES string of the molecule is N#CC1=CCNC(=O)C1. The van der Waals surface area contributed by atoms with Gasteiger partial charge in [-0.15, -0.1) is 0 Å². The Balaban J connectivity index is 2.67. The van der Waals surface area contributed by atoms with E-state index in [0.29, 0.717) is 12.1 Å². The van der Waals surface area contributed by atoms with E-state index in [-0.39, 0.29) is 12.3 Å². The molecule has 0 unspecified atom stereocenters. The summed E-state index contributed by atoms with van der Waals surface area (Å²) in [6, 6.07) is 1.93. The smallest absolute Gasteiger partial charge is 0.225 e. The van der Waals surface area contributed by atoms with Gasteiger partial charge in [-0.1, -0.05) is 6.08 Å². The second-order valence-electron chi connectivity index (χ2n) is 1.82. The average Bonchev–Trinajstić information content (AvgIpc) is 1.88. The van der Waals surface area contributed by atoms with E-state index in [1.807, 2.05) is 6.07 Å². The van der Waals surface area contributed by atoms with E-state index in [2.05, 4.69) is 5.32 Å². The zero-order valence-electron chi connectivity index (χ0n) is 4.85. The van der Waals surface area contributed by atoms with Crippen molar-refractivity contribution in [1.29, 1.82) is 5.26 Å². The molecule has 0 aromatic heterocycles. The minimum atomic E-state index is -0.0611. The summed E-state index contributed by atoms with van der Waals surface area (Å²) >= 11 is 0. The molecule has 3 heteroatoms. The fraction of sp³-hybridized carbons (Fsp3) is 0.333. The normalized spacial score (nSPS) is 17.7. The van der Waals surface area contributed by atoms with Gasteiger partial charge in [-0.2, -0.15) is 5.26 Å². The van der Waals surface area contributed by atoms with Crippen LogP contribution in [0.4, 0.5) is 0 Å². The van der Waals surface area contributed by atoms with Crippen LogP contribution in [-0.2, 0) is 4.79 Å². The summed E-state index contributed by atoms with van der Waals surface area (Å²) < 4.78 is 0. The Kier molecular flexibility index (Phi) is 1.50. The van der Waals surface area contributed by atoms with Crippen molar-refractivity contribution in [3.63, 3.8) is 0 Å². The third kappa shape index (κ3) is 1.29. The largest absolute Gasteiger partial charge is 0.352 e. The van der Waals surface area contributed by atoms with E-state index in [9.17, 15) is 4.79 Å². The van der Waals surface area contributed by atoms with Gasteiger partial charge in [0.2, 0.25) is 5.91 Å². The molecule has 0 radical (unpaired) electrons. The Labute approximate surface area is 53.0 Å². The molecule has 1 amide bonds. The molecular formula is C6H6N2O. The fourth-order valence-electron chi connectivity index (χ4n) is 0.681. The number of amides is 1. The van der Waals surface area contributed by atoms with E-state index in [1.54, 1.807) is 6.08 Å². The quantitative estimate of drug-likeness (QED) is 0.490. The first kappa shape index (κ1) is 5.83. The summed E-state index contributed by atoms with van der Waals surface area (Å²) in [7, 11) is 0. The van der Waals surface area contributed by atoms with E-state index >= 15 is 0 Å². The van der Waals surface area contributed by atoms with Crippen LogP contribution >= 0.6 is 0 Å². The maximum atomic E-state index is 10.5. The Morgan fingerprint density at radius 1 is 1.78 bits per heavy atom. The van der Waals surface area contributed by atoms with Crippen molar-refractivity contribution in [2.45, 2.75) is 6.42 Å². The number of nitrogens with one attached hydrogen (secondary N) is 1. The first-order chi connectivity index (χ1) is 4.33. The molecule has 0 bridgehead atoms. The first-order valence-corrected chi connectivity index (χ1v) is 2.69. The molecule has 0 spiro atoms. The highest BCUT2D eigenvalue weighted by atomic mass is 16.1. The van der Waals surface area contributed by atoms with Crippen molar-refractivity contribution in [1.82, 2.24) is 5.32 Å². The highest BCUT2D eigenvalue weighted by Crippen LogP contribution is 2.01. The number of rotatable bonds is 0. The van der Waals surface area contributed by atoms with E-state index in [1.165, 1.54) is 0 Å². The number of hydrogen-bond acceptors (Lipinski definition) is 2. The molecule has 0 aliphatic carbocycles. The van der Waals surface area contributed by atoms with Gasteiger partial charge in [-0.25, -0.2) is 0 Å². The van der Waals surface area contributed by atoms with Gasteiger partial charge in [-0.05, 0) is 0 Å². The zero-order chi connectivity index (χ0) is 6.69. The van der Waals surface area contributed by atoms with Crippen molar-refractivity contribution in [2.24, 2.45) is 0 Å². The number of nitriles is 1. The van der Waals surface area contributed by atoms with Gasteiger partial charge in [0.1, 0.15) is 0 Å². The lowest BCUT2D eigenvalue weighted by atomic mass is 10.1. The standard InChI is InChI=1S/C6H6N2O/c7-4-5-1-2-8-6(9)3-5/h1H,2-3H2,(H,8,9). The summed E-state index contributed by atoms with van der Waals surface area (Å²) in [6.07, 6.45) is 1.97. The highest BCUT2D eigenvalue weighted by Gasteiger charge is 2.08. The predicted octanol–water partition coefficient (Wildman–Crippen LogP) is -0.0437. The zero-order valence-corrected chi connectivity index (χ0v) is 4.85. The molecule has 1 aliphatic rings. The van der Waals surface area contributed by atoms with Crippen LogP contribution in [0.1, 0.15) is 6.42 Å². The number of nitrogens with zero attached hydrogens (tertiary/aromatic N) is 1. The van der Waals surface area contributed by atoms with Crippen molar-refractivity contribution in [3.8, 4) is 6.07 Å². The summed E-state index contributed by atoms with van der Waals surface area (Å²) in [4.78, 5) is 10.5. The molecule has 1 heterocycles. The molecule has 1 aliphatic heterocycles. The third-order valence-corrected chi connectivity index (χ3v) is 1.14. The topological polar surface area (TPSA) is 52.9 Å². The lowest BCUT2D eigenvalue weighted by Crippen LogP contribution is -2.27. The number of carbonyl (C=O) groups is 1. The fourth-order valence-corrected chi connectivity index (χ4v) is 0.681. The van der Waals surface area contributed by atoms with Crippen molar-refractivity contribution in [2.75, 3.05) is 6.54 Å². The molecule has 0 saturated heterocycles. The third-order valence-electron chi connectivity index (χ3n) is 1.14. The van der Waals surface area contributed by atoms with Gasteiger partial charge >= 0.3 is 0 Å². The monoisotopic (exact) mass is 122 g/mol. The predicted molar refractivity (Wildman–Crippen MR) is 31.3 cm³/mol. The molecule has 3 nitrogen and oxygen atoms in total. The number of hydrogen-bond donors (Lipinski definition) is 1. The van der Waals surface area contributed by atoms with Gasteiger partial charge < -0.3 is 5.32 Å². The minimum Gasteiger partial charge on any atom is -0.352 e. The lowest BCUT2D eigenvalue weighted by molar-refractivity contribution is -0.120. The number of carbonyl (C=O) groups excluding carboxylic acids is 1. The summed E-state index contributed by atoms with van der Waals surface area (Å²) in [5.74, 6) is -0.0611. The Hall–Kier alpha value is -1.30. The van der Waals surface area contributed by atoms with Crippen molar-refractivity contribution < 1.29 is 4.79 Å². The van der Waals surface area contributed by atoms with Gasteiger partial charge in [0.05, 0.1) is 12.5 Å². The second kappa shape index (κ2) is 2.31. The van der Waals surface area contributed by atoms with Gasteiger partial charge in [0, 0.05) is 12.1 Å². The van der Waals surface area contributed by atoms with Crippen molar-refractivity contribution in [3.05, 3.63) is 11.6 Å². The van der Waals surface area contributed by atoms with Crippen LogP contribution in [0.15, 0.2) is 11.6 Å². The second-order valence-corrected chi connectivity index (χ2v) is 1.82. The Bertz CT molecular complexity index is 200. The molecule has 0 fully saturated rings. The maximum Gasteiger partial charge on any atom is 0.225 e. The molecule has 1 rings (SSSR count). The Morgan fingerprint density at radius 3 is 3.00 bits per heavy atom. The summed E-state index contributed by atoms with van der Waals surface area (Å²) in [5.41, 5.74) is 0.568. The minimum absolute atomic E-state index is 0.0611. The van der Waals surface area contributed by atoms with Crippen LogP contribution < -0.4 is 5.32 Å². The molecule has 0 aromatic rings. The first-order valence-electron chi connectivity index (χ1n) is 2.69. The van der Waals surface area contributed by atoms with E-state index < -0.39 is 0 Å². The van der Waals surface area contributed by atoms with Crippen LogP contribution in [0.2, 0.25) is 0 Å². The van der Waals surface area contributed by atoms with Crippen LogP contribution in [0.5, 0.6) is 0 Å². The molecule has 9 heavy (non-hydrogen) atoms. The molecule has 0 atom stereocenters. The molecule has 0 saturated carbocycles.